The standard InChI is InChI=1S/C16H20O9P2/c17-26(18,19)15-7-3-1-5-13(15)24-11-9-23-10-12-25-14-6-2-4-8-16(14)27(20,21)22/h1-8H,9-12H2,(H2,17,18,19)(H2,20,21,22)/p-4. The molecule has 0 aliphatic rings. The first kappa shape index (κ1) is 21.6. The fourth-order valence-electron chi connectivity index (χ4n) is 2.13. The molecule has 0 fully saturated rings. The van der Waals surface area contributed by atoms with E-state index in [4.69, 9.17) is 14.2 Å². The molecule has 2 rings (SSSR count). The summed E-state index contributed by atoms with van der Waals surface area (Å²) in [7, 11) is -9.87. The van der Waals surface area contributed by atoms with Crippen molar-refractivity contribution in [3.05, 3.63) is 48.5 Å². The van der Waals surface area contributed by atoms with Crippen molar-refractivity contribution in [2.45, 2.75) is 0 Å². The minimum atomic E-state index is -4.93. The Hall–Kier alpha value is -1.70. The van der Waals surface area contributed by atoms with Gasteiger partial charge in [0.05, 0.1) is 13.2 Å². The van der Waals surface area contributed by atoms with Crippen molar-refractivity contribution >= 4 is 25.8 Å². The fraction of sp³-hybridized carbons (Fsp3) is 0.250. The second-order valence-electron chi connectivity index (χ2n) is 5.24. The van der Waals surface area contributed by atoms with Gasteiger partial charge in [0, 0.05) is 10.6 Å². The van der Waals surface area contributed by atoms with E-state index in [0.29, 0.717) is 0 Å². The number of rotatable bonds is 10. The van der Waals surface area contributed by atoms with E-state index < -0.39 is 25.8 Å². The van der Waals surface area contributed by atoms with Crippen LogP contribution in [0.5, 0.6) is 11.5 Å². The predicted molar refractivity (Wildman–Crippen MR) is 89.2 cm³/mol. The highest BCUT2D eigenvalue weighted by atomic mass is 31.2. The molecule has 0 saturated carbocycles. The molecule has 27 heavy (non-hydrogen) atoms. The van der Waals surface area contributed by atoms with Crippen LogP contribution in [0.25, 0.3) is 0 Å². The summed E-state index contributed by atoms with van der Waals surface area (Å²) in [6.07, 6.45) is 0. The molecule has 0 bridgehead atoms. The van der Waals surface area contributed by atoms with Crippen LogP contribution in [0.2, 0.25) is 0 Å². The monoisotopic (exact) mass is 414 g/mol. The van der Waals surface area contributed by atoms with Crippen LogP contribution >= 0.6 is 15.2 Å². The van der Waals surface area contributed by atoms with Crippen molar-refractivity contribution < 1.29 is 42.9 Å². The summed E-state index contributed by atoms with van der Waals surface area (Å²) in [5.41, 5.74) is 0. The van der Waals surface area contributed by atoms with Crippen LogP contribution in [-0.4, -0.2) is 26.4 Å². The Bertz CT molecular complexity index is 774. The summed E-state index contributed by atoms with van der Waals surface area (Å²) in [6.45, 7) is 0.125. The van der Waals surface area contributed by atoms with Crippen molar-refractivity contribution in [1.82, 2.24) is 0 Å². The van der Waals surface area contributed by atoms with Crippen molar-refractivity contribution in [1.29, 1.82) is 0 Å². The van der Waals surface area contributed by atoms with Crippen molar-refractivity contribution in [2.24, 2.45) is 0 Å². The molecule has 11 heteroatoms. The Morgan fingerprint density at radius 3 is 1.37 bits per heavy atom. The second kappa shape index (κ2) is 9.48. The van der Waals surface area contributed by atoms with E-state index in [1.807, 2.05) is 0 Å². The van der Waals surface area contributed by atoms with E-state index in [1.54, 1.807) is 0 Å². The molecule has 0 radical (unpaired) electrons. The maximum absolute atomic E-state index is 11.1. The van der Waals surface area contributed by atoms with Crippen LogP contribution < -0.4 is 39.7 Å². The molecular formula is C16H16O9P2-4. The fourth-order valence-corrected chi connectivity index (χ4v) is 3.49. The highest BCUT2D eigenvalue weighted by molar-refractivity contribution is 7.58. The van der Waals surface area contributed by atoms with E-state index in [-0.39, 0.29) is 37.9 Å². The van der Waals surface area contributed by atoms with Crippen molar-refractivity contribution in [3.8, 4) is 11.5 Å². The Morgan fingerprint density at radius 2 is 1.00 bits per heavy atom. The van der Waals surface area contributed by atoms with Crippen LogP contribution in [0.4, 0.5) is 0 Å². The lowest BCUT2D eigenvalue weighted by Gasteiger charge is -2.31. The second-order valence-corrected chi connectivity index (χ2v) is 8.19. The van der Waals surface area contributed by atoms with Crippen molar-refractivity contribution in [2.75, 3.05) is 26.4 Å². The van der Waals surface area contributed by atoms with Crippen LogP contribution in [0, 0.1) is 0 Å². The van der Waals surface area contributed by atoms with Gasteiger partial charge in [0.15, 0.2) is 0 Å². The highest BCUT2D eigenvalue weighted by Gasteiger charge is 2.07. The molecule has 0 heterocycles. The molecule has 0 atom stereocenters. The summed E-state index contributed by atoms with van der Waals surface area (Å²) in [5, 5.41) is -0.853. The van der Waals surface area contributed by atoms with E-state index in [2.05, 4.69) is 0 Å². The molecule has 0 spiro atoms. The summed E-state index contributed by atoms with van der Waals surface area (Å²) in [4.78, 5) is 44.6. The number of hydrogen-bond donors (Lipinski definition) is 0. The molecule has 0 unspecified atom stereocenters. The molecule has 0 N–H and O–H groups in total. The average Bonchev–Trinajstić information content (AvgIpc) is 2.60. The van der Waals surface area contributed by atoms with Gasteiger partial charge in [-0.05, 0) is 27.3 Å². The normalized spacial score (nSPS) is 12.0. The third kappa shape index (κ3) is 6.75. The SMILES string of the molecule is O=P([O-])([O-])c1ccccc1OCCOCCOc1ccccc1P(=O)([O-])[O-]. The first-order valence-electron chi connectivity index (χ1n) is 7.76. The Morgan fingerprint density at radius 1 is 0.630 bits per heavy atom. The van der Waals surface area contributed by atoms with Gasteiger partial charge < -0.3 is 42.9 Å². The van der Waals surface area contributed by atoms with Crippen molar-refractivity contribution in [3.63, 3.8) is 0 Å². The lowest BCUT2D eigenvalue weighted by atomic mass is 10.3. The van der Waals surface area contributed by atoms with Gasteiger partial charge in [-0.2, -0.15) is 0 Å². The summed E-state index contributed by atoms with van der Waals surface area (Å²) < 4.78 is 38.0. The summed E-state index contributed by atoms with van der Waals surface area (Å²) in [6, 6.07) is 10.9. The molecule has 148 valence electrons. The highest BCUT2D eigenvalue weighted by Crippen LogP contribution is 2.29. The quantitative estimate of drug-likeness (QED) is 0.325. The lowest BCUT2D eigenvalue weighted by Crippen LogP contribution is -2.27. The van der Waals surface area contributed by atoms with Crippen LogP contribution in [-0.2, 0) is 13.9 Å². The van der Waals surface area contributed by atoms with Gasteiger partial charge in [-0.1, -0.05) is 36.4 Å². The maximum atomic E-state index is 11.1. The van der Waals surface area contributed by atoms with Gasteiger partial charge in [-0.15, -0.1) is 0 Å². The maximum Gasteiger partial charge on any atom is 0.127 e. The van der Waals surface area contributed by atoms with E-state index in [9.17, 15) is 28.7 Å². The molecule has 9 nitrogen and oxygen atoms in total. The zero-order valence-corrected chi connectivity index (χ0v) is 15.8. The third-order valence-corrected chi connectivity index (χ3v) is 5.21. The number of benzene rings is 2. The summed E-state index contributed by atoms with van der Waals surface area (Å²) >= 11 is 0. The lowest BCUT2D eigenvalue weighted by molar-refractivity contribution is -0.309. The molecule has 0 saturated heterocycles. The summed E-state index contributed by atoms with van der Waals surface area (Å²) in [5.74, 6) is -0.109. The molecular weight excluding hydrogens is 398 g/mol. The zero-order valence-electron chi connectivity index (χ0n) is 14.0. The molecule has 0 amide bonds. The van der Waals surface area contributed by atoms with Crippen LogP contribution in [0.3, 0.4) is 0 Å². The van der Waals surface area contributed by atoms with E-state index >= 15 is 0 Å². The molecule has 0 aliphatic carbocycles. The van der Waals surface area contributed by atoms with Gasteiger partial charge >= 0.3 is 0 Å². The third-order valence-electron chi connectivity index (χ3n) is 3.29. The van der Waals surface area contributed by atoms with Gasteiger partial charge in [-0.3, -0.25) is 0 Å². The van der Waals surface area contributed by atoms with Gasteiger partial charge in [0.1, 0.15) is 24.7 Å². The number of para-hydroxylation sites is 2. The zero-order chi connectivity index (χ0) is 19.9. The predicted octanol–water partition coefficient (Wildman–Crippen LogP) is -1.76. The van der Waals surface area contributed by atoms with Gasteiger partial charge in [0.25, 0.3) is 0 Å². The Labute approximate surface area is 155 Å². The molecule has 0 aliphatic heterocycles. The largest absolute Gasteiger partial charge is 0.807 e. The van der Waals surface area contributed by atoms with Gasteiger partial charge in [0.2, 0.25) is 0 Å². The Kier molecular flexibility index (Phi) is 7.59. The topological polar surface area (TPSA) is 154 Å². The minimum Gasteiger partial charge on any atom is -0.807 e. The average molecular weight is 414 g/mol. The molecule has 2 aromatic carbocycles. The Balaban J connectivity index is 1.74. The first-order valence-corrected chi connectivity index (χ1v) is 10.8. The molecule has 2 aromatic rings. The van der Waals surface area contributed by atoms with E-state index in [0.717, 1.165) is 12.1 Å². The number of ether oxygens (including phenoxy) is 3. The number of hydrogen-bond acceptors (Lipinski definition) is 9. The van der Waals surface area contributed by atoms with Crippen LogP contribution in [0.15, 0.2) is 48.5 Å². The molecule has 0 aromatic heterocycles. The minimum absolute atomic E-state index is 0.01000. The van der Waals surface area contributed by atoms with Gasteiger partial charge in [-0.25, -0.2) is 0 Å². The van der Waals surface area contributed by atoms with Crippen LogP contribution in [0.1, 0.15) is 0 Å². The smallest absolute Gasteiger partial charge is 0.127 e. The first-order chi connectivity index (χ1) is 12.7. The van der Waals surface area contributed by atoms with E-state index in [1.165, 1.54) is 36.4 Å².